The summed E-state index contributed by atoms with van der Waals surface area (Å²) in [6.07, 6.45) is 7.81. The van der Waals surface area contributed by atoms with Gasteiger partial charge in [0.1, 0.15) is 0 Å². The summed E-state index contributed by atoms with van der Waals surface area (Å²) in [5.74, 6) is 0. The van der Waals surface area contributed by atoms with E-state index in [0.29, 0.717) is 24.4 Å². The van der Waals surface area contributed by atoms with Crippen LogP contribution in [0.2, 0.25) is 0 Å². The lowest BCUT2D eigenvalue weighted by Gasteiger charge is -2.16. The second kappa shape index (κ2) is 7.17. The Hall–Kier alpha value is -2.16. The normalized spacial score (nSPS) is 10.7. The molecule has 0 radical (unpaired) electrons. The molecule has 0 aromatic carbocycles. The first-order valence-electron chi connectivity index (χ1n) is 5.36. The minimum Gasteiger partial charge on any atom is -0.369 e. The zero-order valence-corrected chi connectivity index (χ0v) is 9.75. The molecule has 0 amide bonds. The van der Waals surface area contributed by atoms with Crippen LogP contribution in [-0.2, 0) is 4.79 Å². The van der Waals surface area contributed by atoms with Gasteiger partial charge in [0, 0.05) is 25.5 Å². The molecule has 1 aromatic rings. The van der Waals surface area contributed by atoms with Gasteiger partial charge in [0.15, 0.2) is 6.29 Å². The van der Waals surface area contributed by atoms with Crippen LogP contribution in [0.4, 0.5) is 0 Å². The van der Waals surface area contributed by atoms with Crippen LogP contribution in [0.5, 0.6) is 0 Å². The van der Waals surface area contributed by atoms with E-state index in [4.69, 9.17) is 0 Å². The summed E-state index contributed by atoms with van der Waals surface area (Å²) in [4.78, 5) is 17.2. The summed E-state index contributed by atoms with van der Waals surface area (Å²) in [5.41, 5.74) is 1.22. The number of carbonyl (C=O) groups excluding carboxylic acids is 1. The molecule has 0 bridgehead atoms. The molecule has 88 valence electrons. The van der Waals surface area contributed by atoms with Crippen LogP contribution in [-0.4, -0.2) is 29.3 Å². The van der Waals surface area contributed by atoms with Crippen molar-refractivity contribution in [1.82, 2.24) is 9.88 Å². The molecule has 0 N–H and O–H groups in total. The van der Waals surface area contributed by atoms with Gasteiger partial charge >= 0.3 is 0 Å². The Balaban J connectivity index is 2.94. The average molecular weight is 228 g/mol. The van der Waals surface area contributed by atoms with E-state index in [1.807, 2.05) is 17.0 Å². The Labute approximate surface area is 102 Å². The fourth-order valence-electron chi connectivity index (χ4n) is 1.40. The predicted octanol–water partition coefficient (Wildman–Crippen LogP) is 2.30. The topological polar surface area (TPSA) is 33.2 Å². The number of carbonyl (C=O) groups is 1. The van der Waals surface area contributed by atoms with Crippen LogP contribution < -0.4 is 0 Å². The highest BCUT2D eigenvalue weighted by Crippen LogP contribution is 2.09. The number of aromatic nitrogens is 1. The summed E-state index contributed by atoms with van der Waals surface area (Å²) in [6, 6.07) is 5.47. The third-order valence-electron chi connectivity index (χ3n) is 2.14. The SMILES string of the molecule is C=CCN(C=C(C=O)c1ccccn1)CC=C. The molecule has 1 aromatic heterocycles. The number of rotatable bonds is 7. The number of hydrogen-bond donors (Lipinski definition) is 0. The van der Waals surface area contributed by atoms with E-state index >= 15 is 0 Å². The van der Waals surface area contributed by atoms with E-state index in [1.165, 1.54) is 0 Å². The summed E-state index contributed by atoms with van der Waals surface area (Å²) in [5, 5.41) is 0. The fraction of sp³-hybridized carbons (Fsp3) is 0.143. The van der Waals surface area contributed by atoms with E-state index in [2.05, 4.69) is 18.1 Å². The molecule has 0 spiro atoms. The van der Waals surface area contributed by atoms with Gasteiger partial charge in [-0.25, -0.2) is 0 Å². The molecule has 1 heterocycles. The van der Waals surface area contributed by atoms with Crippen LogP contribution in [0.1, 0.15) is 5.69 Å². The van der Waals surface area contributed by atoms with E-state index in [-0.39, 0.29) is 0 Å². The van der Waals surface area contributed by atoms with Crippen molar-refractivity contribution >= 4 is 11.9 Å². The summed E-state index contributed by atoms with van der Waals surface area (Å²) < 4.78 is 0. The molecule has 3 nitrogen and oxygen atoms in total. The van der Waals surface area contributed by atoms with Crippen molar-refractivity contribution in [2.75, 3.05) is 13.1 Å². The minimum atomic E-state index is 0.550. The van der Waals surface area contributed by atoms with Gasteiger partial charge in [0.05, 0.1) is 11.3 Å². The first kappa shape index (κ1) is 12.9. The lowest BCUT2D eigenvalue weighted by molar-refractivity contribution is -0.103. The van der Waals surface area contributed by atoms with Crippen LogP contribution in [0.15, 0.2) is 55.9 Å². The molecule has 0 saturated heterocycles. The largest absolute Gasteiger partial charge is 0.369 e. The van der Waals surface area contributed by atoms with Crippen molar-refractivity contribution in [3.63, 3.8) is 0 Å². The smallest absolute Gasteiger partial charge is 0.153 e. The summed E-state index contributed by atoms with van der Waals surface area (Å²) >= 11 is 0. The number of aldehydes is 1. The van der Waals surface area contributed by atoms with Crippen molar-refractivity contribution in [3.8, 4) is 0 Å². The van der Waals surface area contributed by atoms with Crippen molar-refractivity contribution in [2.45, 2.75) is 0 Å². The van der Waals surface area contributed by atoms with E-state index < -0.39 is 0 Å². The van der Waals surface area contributed by atoms with Gasteiger partial charge in [-0.1, -0.05) is 18.2 Å². The van der Waals surface area contributed by atoms with Crippen LogP contribution >= 0.6 is 0 Å². The highest BCUT2D eigenvalue weighted by molar-refractivity contribution is 6.05. The molecule has 0 aliphatic carbocycles. The second-order valence-corrected chi connectivity index (χ2v) is 3.45. The maximum Gasteiger partial charge on any atom is 0.153 e. The van der Waals surface area contributed by atoms with Gasteiger partial charge in [-0.15, -0.1) is 13.2 Å². The lowest BCUT2D eigenvalue weighted by atomic mass is 10.2. The van der Waals surface area contributed by atoms with Crippen LogP contribution in [0, 0.1) is 0 Å². The quantitative estimate of drug-likeness (QED) is 0.408. The highest BCUT2D eigenvalue weighted by atomic mass is 16.1. The van der Waals surface area contributed by atoms with Gasteiger partial charge < -0.3 is 4.90 Å². The third-order valence-corrected chi connectivity index (χ3v) is 2.14. The first-order chi connectivity index (χ1) is 8.31. The minimum absolute atomic E-state index is 0.550. The standard InChI is InChI=1S/C14H16N2O/c1-3-9-16(10-4-2)11-13(12-17)14-7-5-6-8-15-14/h3-8,11-12H,1-2,9-10H2. The van der Waals surface area contributed by atoms with Gasteiger partial charge in [0.25, 0.3) is 0 Å². The second-order valence-electron chi connectivity index (χ2n) is 3.45. The van der Waals surface area contributed by atoms with Crippen molar-refractivity contribution < 1.29 is 4.79 Å². The third kappa shape index (κ3) is 4.07. The Morgan fingerprint density at radius 1 is 1.29 bits per heavy atom. The predicted molar refractivity (Wildman–Crippen MR) is 70.2 cm³/mol. The molecule has 0 saturated carbocycles. The zero-order valence-electron chi connectivity index (χ0n) is 9.75. The summed E-state index contributed by atoms with van der Waals surface area (Å²) in [6.45, 7) is 8.68. The molecule has 0 aliphatic heterocycles. The number of nitrogens with zero attached hydrogens (tertiary/aromatic N) is 2. The molecular weight excluding hydrogens is 212 g/mol. The highest BCUT2D eigenvalue weighted by Gasteiger charge is 2.03. The number of pyridine rings is 1. The zero-order chi connectivity index (χ0) is 12.5. The molecule has 0 aliphatic rings. The number of hydrogen-bond acceptors (Lipinski definition) is 3. The van der Waals surface area contributed by atoms with Crippen molar-refractivity contribution in [3.05, 3.63) is 61.6 Å². The van der Waals surface area contributed by atoms with Gasteiger partial charge in [-0.3, -0.25) is 9.78 Å². The molecule has 1 rings (SSSR count). The molecular formula is C14H16N2O. The summed E-state index contributed by atoms with van der Waals surface area (Å²) in [7, 11) is 0. The molecule has 0 fully saturated rings. The van der Waals surface area contributed by atoms with Gasteiger partial charge in [0.2, 0.25) is 0 Å². The van der Waals surface area contributed by atoms with Crippen LogP contribution in [0.25, 0.3) is 5.57 Å². The van der Waals surface area contributed by atoms with E-state index in [0.717, 1.165) is 6.29 Å². The number of allylic oxidation sites excluding steroid dienone is 1. The van der Waals surface area contributed by atoms with Crippen LogP contribution in [0.3, 0.4) is 0 Å². The molecule has 17 heavy (non-hydrogen) atoms. The van der Waals surface area contributed by atoms with Gasteiger partial charge in [-0.2, -0.15) is 0 Å². The van der Waals surface area contributed by atoms with Crippen molar-refractivity contribution in [2.24, 2.45) is 0 Å². The fourth-order valence-corrected chi connectivity index (χ4v) is 1.40. The maximum atomic E-state index is 11.1. The van der Waals surface area contributed by atoms with E-state index in [1.54, 1.807) is 30.6 Å². The molecule has 0 atom stereocenters. The lowest BCUT2D eigenvalue weighted by Crippen LogP contribution is -2.18. The van der Waals surface area contributed by atoms with Gasteiger partial charge in [-0.05, 0) is 12.1 Å². The Bertz CT molecular complexity index is 399. The first-order valence-corrected chi connectivity index (χ1v) is 5.36. The van der Waals surface area contributed by atoms with Crippen molar-refractivity contribution in [1.29, 1.82) is 0 Å². The maximum absolute atomic E-state index is 11.1. The average Bonchev–Trinajstić information content (AvgIpc) is 2.37. The molecule has 0 unspecified atom stereocenters. The molecule has 3 heteroatoms. The monoisotopic (exact) mass is 228 g/mol. The Kier molecular flexibility index (Phi) is 5.44. The van der Waals surface area contributed by atoms with E-state index in [9.17, 15) is 4.79 Å². The Morgan fingerprint density at radius 2 is 2.00 bits per heavy atom. The Morgan fingerprint density at radius 3 is 2.47 bits per heavy atom.